The third kappa shape index (κ3) is 4.19. The Morgan fingerprint density at radius 2 is 2.11 bits per heavy atom. The molecule has 0 radical (unpaired) electrons. The molecule has 2 rings (SSSR count). The van der Waals surface area contributed by atoms with Crippen LogP contribution in [0.3, 0.4) is 0 Å². The second-order valence-electron chi connectivity index (χ2n) is 4.96. The first-order valence-corrected chi connectivity index (χ1v) is 6.94. The Morgan fingerprint density at radius 1 is 1.28 bits per heavy atom. The maximum atomic E-state index is 5.54. The van der Waals surface area contributed by atoms with Crippen molar-refractivity contribution in [3.05, 3.63) is 42.5 Å². The van der Waals surface area contributed by atoms with Crippen LogP contribution in [0.1, 0.15) is 37.7 Å². The minimum absolute atomic E-state index is 0.569. The first kappa shape index (κ1) is 13.2. The van der Waals surface area contributed by atoms with Crippen molar-refractivity contribution in [2.45, 2.75) is 44.7 Å². The zero-order valence-electron chi connectivity index (χ0n) is 11.0. The van der Waals surface area contributed by atoms with Crippen molar-refractivity contribution in [2.24, 2.45) is 0 Å². The summed E-state index contributed by atoms with van der Waals surface area (Å²) in [5, 5.41) is 3.65. The molecule has 2 heteroatoms. The molecule has 0 saturated heterocycles. The molecule has 0 aromatic heterocycles. The molecular weight excluding hydrogens is 222 g/mol. The van der Waals surface area contributed by atoms with Crippen molar-refractivity contribution in [3.8, 4) is 5.75 Å². The summed E-state index contributed by atoms with van der Waals surface area (Å²) in [4.78, 5) is 0. The molecular formula is C16H23NO. The van der Waals surface area contributed by atoms with E-state index < -0.39 is 0 Å². The van der Waals surface area contributed by atoms with Crippen LogP contribution in [0.15, 0.2) is 36.9 Å². The van der Waals surface area contributed by atoms with E-state index in [2.05, 4.69) is 30.1 Å². The van der Waals surface area contributed by atoms with E-state index in [0.717, 1.165) is 12.3 Å². The molecule has 0 bridgehead atoms. The van der Waals surface area contributed by atoms with Crippen molar-refractivity contribution < 1.29 is 4.74 Å². The third-order valence-electron chi connectivity index (χ3n) is 3.47. The quantitative estimate of drug-likeness (QED) is 0.772. The lowest BCUT2D eigenvalue weighted by molar-refractivity contribution is 0.360. The number of hydrogen-bond donors (Lipinski definition) is 1. The molecule has 2 nitrogen and oxygen atoms in total. The summed E-state index contributed by atoms with van der Waals surface area (Å²) < 4.78 is 5.54. The monoisotopic (exact) mass is 245 g/mol. The summed E-state index contributed by atoms with van der Waals surface area (Å²) in [5.74, 6) is 0.929. The van der Waals surface area contributed by atoms with Gasteiger partial charge >= 0.3 is 0 Å². The maximum absolute atomic E-state index is 5.54. The SMILES string of the molecule is C=CCOc1cccc(CNC2CCCCC2)c1. The predicted molar refractivity (Wildman–Crippen MR) is 75.8 cm³/mol. The summed E-state index contributed by atoms with van der Waals surface area (Å²) >= 11 is 0. The highest BCUT2D eigenvalue weighted by Crippen LogP contribution is 2.18. The second-order valence-corrected chi connectivity index (χ2v) is 4.96. The number of benzene rings is 1. The molecule has 0 amide bonds. The smallest absolute Gasteiger partial charge is 0.120 e. The first-order chi connectivity index (χ1) is 8.88. The van der Waals surface area contributed by atoms with Gasteiger partial charge in [-0.1, -0.05) is 44.1 Å². The fourth-order valence-corrected chi connectivity index (χ4v) is 2.47. The third-order valence-corrected chi connectivity index (χ3v) is 3.47. The van der Waals surface area contributed by atoms with Crippen LogP contribution < -0.4 is 10.1 Å². The molecule has 1 aromatic carbocycles. The van der Waals surface area contributed by atoms with Gasteiger partial charge < -0.3 is 10.1 Å². The number of ether oxygens (including phenoxy) is 1. The van der Waals surface area contributed by atoms with E-state index in [-0.39, 0.29) is 0 Å². The van der Waals surface area contributed by atoms with Crippen molar-refractivity contribution in [1.29, 1.82) is 0 Å². The van der Waals surface area contributed by atoms with Crippen LogP contribution >= 0.6 is 0 Å². The lowest BCUT2D eigenvalue weighted by Crippen LogP contribution is -2.30. The van der Waals surface area contributed by atoms with Gasteiger partial charge in [0.1, 0.15) is 12.4 Å². The molecule has 1 aromatic rings. The van der Waals surface area contributed by atoms with Gasteiger partial charge in [-0.05, 0) is 30.5 Å². The van der Waals surface area contributed by atoms with Gasteiger partial charge in [0.2, 0.25) is 0 Å². The highest BCUT2D eigenvalue weighted by atomic mass is 16.5. The van der Waals surface area contributed by atoms with E-state index in [0.29, 0.717) is 12.6 Å². The molecule has 0 atom stereocenters. The fraction of sp³-hybridized carbons (Fsp3) is 0.500. The van der Waals surface area contributed by atoms with Crippen LogP contribution in [-0.4, -0.2) is 12.6 Å². The second kappa shape index (κ2) is 7.22. The average molecular weight is 245 g/mol. The number of nitrogens with one attached hydrogen (secondary N) is 1. The predicted octanol–water partition coefficient (Wildman–Crippen LogP) is 3.67. The minimum Gasteiger partial charge on any atom is -0.490 e. The summed E-state index contributed by atoms with van der Waals surface area (Å²) in [5.41, 5.74) is 1.29. The Kier molecular flexibility index (Phi) is 5.28. The van der Waals surface area contributed by atoms with Crippen LogP contribution in [0.5, 0.6) is 5.75 Å². The van der Waals surface area contributed by atoms with Crippen LogP contribution in [0, 0.1) is 0 Å². The lowest BCUT2D eigenvalue weighted by atomic mass is 9.95. The van der Waals surface area contributed by atoms with Crippen LogP contribution in [0.25, 0.3) is 0 Å². The van der Waals surface area contributed by atoms with Gasteiger partial charge in [0.25, 0.3) is 0 Å². The standard InChI is InChI=1S/C16H23NO/c1-2-11-18-16-10-6-7-14(12-16)13-17-15-8-4-3-5-9-15/h2,6-7,10,12,15,17H,1,3-5,8-9,11,13H2. The summed E-state index contributed by atoms with van der Waals surface area (Å²) in [6, 6.07) is 9.01. The van der Waals surface area contributed by atoms with Gasteiger partial charge in [-0.25, -0.2) is 0 Å². The van der Waals surface area contributed by atoms with Crippen molar-refractivity contribution >= 4 is 0 Å². The van der Waals surface area contributed by atoms with E-state index >= 15 is 0 Å². The summed E-state index contributed by atoms with van der Waals surface area (Å²) in [6.45, 7) is 5.17. The normalized spacial score (nSPS) is 16.4. The van der Waals surface area contributed by atoms with Crippen molar-refractivity contribution in [1.82, 2.24) is 5.32 Å². The molecule has 0 aliphatic heterocycles. The van der Waals surface area contributed by atoms with Crippen molar-refractivity contribution in [2.75, 3.05) is 6.61 Å². The van der Waals surface area contributed by atoms with Gasteiger partial charge in [-0.15, -0.1) is 0 Å². The zero-order chi connectivity index (χ0) is 12.6. The lowest BCUT2D eigenvalue weighted by Gasteiger charge is -2.22. The van der Waals surface area contributed by atoms with Gasteiger partial charge in [0, 0.05) is 12.6 Å². The number of rotatable bonds is 6. The molecule has 0 spiro atoms. The molecule has 98 valence electrons. The molecule has 1 fully saturated rings. The van der Waals surface area contributed by atoms with E-state index in [1.54, 1.807) is 6.08 Å². The molecule has 0 heterocycles. The Balaban J connectivity index is 1.82. The summed E-state index contributed by atoms with van der Waals surface area (Å²) in [7, 11) is 0. The molecule has 1 aliphatic rings. The van der Waals surface area contributed by atoms with E-state index in [4.69, 9.17) is 4.74 Å². The fourth-order valence-electron chi connectivity index (χ4n) is 2.47. The topological polar surface area (TPSA) is 21.3 Å². The summed E-state index contributed by atoms with van der Waals surface area (Å²) in [6.07, 6.45) is 8.58. The van der Waals surface area contributed by atoms with Crippen LogP contribution in [0.2, 0.25) is 0 Å². The van der Waals surface area contributed by atoms with Gasteiger partial charge in [0.05, 0.1) is 0 Å². The highest BCUT2D eigenvalue weighted by Gasteiger charge is 2.12. The Bertz CT molecular complexity index is 369. The van der Waals surface area contributed by atoms with Gasteiger partial charge in [0.15, 0.2) is 0 Å². The van der Waals surface area contributed by atoms with E-state index in [1.807, 2.05) is 6.07 Å². The number of hydrogen-bond acceptors (Lipinski definition) is 2. The first-order valence-electron chi connectivity index (χ1n) is 6.94. The molecule has 1 saturated carbocycles. The van der Waals surface area contributed by atoms with Crippen LogP contribution in [0.4, 0.5) is 0 Å². The van der Waals surface area contributed by atoms with Gasteiger partial charge in [-0.2, -0.15) is 0 Å². The average Bonchev–Trinajstić information content (AvgIpc) is 2.44. The Hall–Kier alpha value is -1.28. The zero-order valence-corrected chi connectivity index (χ0v) is 11.0. The maximum Gasteiger partial charge on any atom is 0.120 e. The highest BCUT2D eigenvalue weighted by molar-refractivity contribution is 5.28. The molecule has 0 unspecified atom stereocenters. The van der Waals surface area contributed by atoms with E-state index in [9.17, 15) is 0 Å². The Morgan fingerprint density at radius 3 is 2.89 bits per heavy atom. The largest absolute Gasteiger partial charge is 0.490 e. The Labute approximate surface area is 110 Å². The minimum atomic E-state index is 0.569. The molecule has 1 aliphatic carbocycles. The molecule has 1 N–H and O–H groups in total. The molecule has 18 heavy (non-hydrogen) atoms. The van der Waals surface area contributed by atoms with E-state index in [1.165, 1.54) is 37.7 Å². The van der Waals surface area contributed by atoms with Crippen LogP contribution in [-0.2, 0) is 6.54 Å². The van der Waals surface area contributed by atoms with Gasteiger partial charge in [-0.3, -0.25) is 0 Å². The van der Waals surface area contributed by atoms with Crippen molar-refractivity contribution in [3.63, 3.8) is 0 Å².